The number of aromatic nitrogens is 4. The molecule has 7 nitrogen and oxygen atoms in total. The average Bonchev–Trinajstić information content (AvgIpc) is 3.38. The van der Waals surface area contributed by atoms with E-state index >= 15 is 0 Å². The monoisotopic (exact) mass is 456 g/mol. The fourth-order valence-electron chi connectivity index (χ4n) is 4.51. The summed E-state index contributed by atoms with van der Waals surface area (Å²) in [4.78, 5) is 6.06. The number of benzene rings is 1. The molecule has 10 heteroatoms. The summed E-state index contributed by atoms with van der Waals surface area (Å²) in [5.41, 5.74) is 8.62. The van der Waals surface area contributed by atoms with Gasteiger partial charge >= 0.3 is 6.18 Å². The molecule has 2 atom stereocenters. The average molecular weight is 456 g/mol. The van der Waals surface area contributed by atoms with E-state index in [-0.39, 0.29) is 18.2 Å². The van der Waals surface area contributed by atoms with Gasteiger partial charge in [-0.15, -0.1) is 10.2 Å². The highest BCUT2D eigenvalue weighted by atomic mass is 19.4. The molecular weight excluding hydrogens is 433 g/mol. The van der Waals surface area contributed by atoms with Crippen LogP contribution >= 0.6 is 0 Å². The van der Waals surface area contributed by atoms with Gasteiger partial charge in [0.05, 0.1) is 12.6 Å². The first kappa shape index (κ1) is 21.6. The first-order valence-electron chi connectivity index (χ1n) is 10.6. The molecule has 1 saturated heterocycles. The highest BCUT2D eigenvalue weighted by Gasteiger charge is 2.46. The van der Waals surface area contributed by atoms with Crippen molar-refractivity contribution >= 4 is 16.6 Å². The van der Waals surface area contributed by atoms with Crippen molar-refractivity contribution in [3.8, 4) is 17.3 Å². The third kappa shape index (κ3) is 3.89. The van der Waals surface area contributed by atoms with Gasteiger partial charge in [-0.25, -0.2) is 4.98 Å². The number of aryl methyl sites for hydroxylation is 1. The van der Waals surface area contributed by atoms with Crippen LogP contribution in [-0.4, -0.2) is 56.9 Å². The van der Waals surface area contributed by atoms with Crippen LogP contribution in [0.1, 0.15) is 23.6 Å². The summed E-state index contributed by atoms with van der Waals surface area (Å²) in [7, 11) is 1.59. The molecule has 1 aromatic carbocycles. The molecule has 1 fully saturated rings. The highest BCUT2D eigenvalue weighted by molar-refractivity contribution is 5.83. The minimum atomic E-state index is -4.44. The largest absolute Gasteiger partial charge is 0.496 e. The molecule has 0 aliphatic carbocycles. The van der Waals surface area contributed by atoms with Gasteiger partial charge in [0.1, 0.15) is 17.5 Å². The maximum absolute atomic E-state index is 14.1. The highest BCUT2D eigenvalue weighted by Crippen LogP contribution is 2.39. The Hall–Kier alpha value is -3.24. The quantitative estimate of drug-likeness (QED) is 0.502. The topological polar surface area (TPSA) is 81.6 Å². The number of hydrogen-bond donors (Lipinski definition) is 1. The Balaban J connectivity index is 1.60. The molecule has 5 rings (SSSR count). The van der Waals surface area contributed by atoms with Gasteiger partial charge in [0, 0.05) is 36.8 Å². The third-order valence-corrected chi connectivity index (χ3v) is 6.11. The number of ether oxygens (including phenoxy) is 1. The number of alkyl halides is 3. The second-order valence-electron chi connectivity index (χ2n) is 8.41. The van der Waals surface area contributed by atoms with Gasteiger partial charge < -0.3 is 10.5 Å². The van der Waals surface area contributed by atoms with Crippen molar-refractivity contribution in [1.82, 2.24) is 24.5 Å². The molecule has 3 aromatic heterocycles. The molecule has 2 N–H and O–H groups in total. The minimum Gasteiger partial charge on any atom is -0.496 e. The number of fused-ring (bicyclic) bond motifs is 2. The Morgan fingerprint density at radius 3 is 2.67 bits per heavy atom. The van der Waals surface area contributed by atoms with E-state index in [9.17, 15) is 13.2 Å². The van der Waals surface area contributed by atoms with E-state index in [2.05, 4.69) is 15.2 Å². The van der Waals surface area contributed by atoms with E-state index in [1.54, 1.807) is 23.6 Å². The molecule has 33 heavy (non-hydrogen) atoms. The van der Waals surface area contributed by atoms with Crippen molar-refractivity contribution in [2.24, 2.45) is 5.73 Å². The van der Waals surface area contributed by atoms with Crippen LogP contribution in [0, 0.1) is 6.92 Å². The molecule has 0 bridgehead atoms. The molecule has 172 valence electrons. The number of halogens is 3. The van der Waals surface area contributed by atoms with Crippen molar-refractivity contribution in [3.05, 3.63) is 53.7 Å². The Morgan fingerprint density at radius 2 is 1.97 bits per heavy atom. The SMILES string of the molecule is COc1cc2nc(-c3nnc4ccc([C@@H](N5CCC(N)C5)C(F)(F)F)cn34)ccc2cc1C. The molecular formula is C23H23F3N6O. The summed E-state index contributed by atoms with van der Waals surface area (Å²) in [6, 6.07) is 8.50. The normalized spacial score (nSPS) is 18.3. The Bertz CT molecular complexity index is 1340. The predicted molar refractivity (Wildman–Crippen MR) is 118 cm³/mol. The second-order valence-corrected chi connectivity index (χ2v) is 8.41. The van der Waals surface area contributed by atoms with Crippen molar-refractivity contribution in [3.63, 3.8) is 0 Å². The summed E-state index contributed by atoms with van der Waals surface area (Å²) < 4.78 is 49.1. The fourth-order valence-corrected chi connectivity index (χ4v) is 4.51. The lowest BCUT2D eigenvalue weighted by atomic mass is 10.1. The number of hydrogen-bond acceptors (Lipinski definition) is 6. The molecule has 0 spiro atoms. The molecule has 4 aromatic rings. The molecule has 1 aliphatic rings. The van der Waals surface area contributed by atoms with E-state index in [1.165, 1.54) is 17.2 Å². The molecule has 0 radical (unpaired) electrons. The zero-order valence-electron chi connectivity index (χ0n) is 18.2. The Kier molecular flexibility index (Phi) is 5.21. The Labute approximate surface area is 188 Å². The molecule has 4 heterocycles. The summed E-state index contributed by atoms with van der Waals surface area (Å²) in [6.07, 6.45) is -2.45. The van der Waals surface area contributed by atoms with Crippen molar-refractivity contribution < 1.29 is 17.9 Å². The zero-order valence-corrected chi connectivity index (χ0v) is 18.2. The van der Waals surface area contributed by atoms with Crippen molar-refractivity contribution in [2.45, 2.75) is 31.6 Å². The summed E-state index contributed by atoms with van der Waals surface area (Å²) >= 11 is 0. The maximum Gasteiger partial charge on any atom is 0.408 e. The molecule has 0 amide bonds. The summed E-state index contributed by atoms with van der Waals surface area (Å²) in [5, 5.41) is 9.26. The Morgan fingerprint density at radius 1 is 1.15 bits per heavy atom. The summed E-state index contributed by atoms with van der Waals surface area (Å²) in [5.74, 6) is 1.07. The van der Waals surface area contributed by atoms with Crippen LogP contribution in [0.15, 0.2) is 42.6 Å². The third-order valence-electron chi connectivity index (χ3n) is 6.11. The van der Waals surface area contributed by atoms with Crippen LogP contribution in [-0.2, 0) is 0 Å². The molecule has 1 unspecified atom stereocenters. The maximum atomic E-state index is 14.1. The summed E-state index contributed by atoms with van der Waals surface area (Å²) in [6.45, 7) is 2.45. The number of nitrogens with two attached hydrogens (primary N) is 1. The van der Waals surface area contributed by atoms with Crippen molar-refractivity contribution in [2.75, 3.05) is 20.2 Å². The van der Waals surface area contributed by atoms with Gasteiger partial charge in [0.25, 0.3) is 0 Å². The van der Waals surface area contributed by atoms with Gasteiger partial charge in [0.2, 0.25) is 0 Å². The van der Waals surface area contributed by atoms with Crippen LogP contribution in [0.2, 0.25) is 0 Å². The lowest BCUT2D eigenvalue weighted by molar-refractivity contribution is -0.183. The fraction of sp³-hybridized carbons (Fsp3) is 0.348. The van der Waals surface area contributed by atoms with E-state index < -0.39 is 12.2 Å². The van der Waals surface area contributed by atoms with Gasteiger partial charge in [-0.3, -0.25) is 9.30 Å². The van der Waals surface area contributed by atoms with Crippen LogP contribution in [0.4, 0.5) is 13.2 Å². The van der Waals surface area contributed by atoms with Crippen LogP contribution < -0.4 is 10.5 Å². The number of likely N-dealkylation sites (tertiary alicyclic amines) is 1. The van der Waals surface area contributed by atoms with Gasteiger partial charge in [-0.05, 0) is 42.7 Å². The van der Waals surface area contributed by atoms with Gasteiger partial charge in [-0.2, -0.15) is 13.2 Å². The first-order valence-corrected chi connectivity index (χ1v) is 10.6. The van der Waals surface area contributed by atoms with E-state index in [4.69, 9.17) is 10.5 Å². The first-order chi connectivity index (χ1) is 15.7. The van der Waals surface area contributed by atoms with E-state index in [0.29, 0.717) is 41.4 Å². The predicted octanol–water partition coefficient (Wildman–Crippen LogP) is 3.90. The lowest BCUT2D eigenvalue weighted by Crippen LogP contribution is -2.38. The second kappa shape index (κ2) is 7.96. The minimum absolute atomic E-state index is 0.114. The van der Waals surface area contributed by atoms with Crippen LogP contribution in [0.5, 0.6) is 5.75 Å². The number of methoxy groups -OCH3 is 1. The molecule has 0 saturated carbocycles. The standard InChI is InChI=1S/C23H23F3N6O/c1-13-9-14-3-5-17(28-18(14)10-19(13)33-2)22-30-29-20-6-4-15(11-32(20)22)21(23(24,25)26)31-8-7-16(27)12-31/h3-6,9-11,16,21H,7-8,12,27H2,1-2H3/t16?,21-/m1/s1. The van der Waals surface area contributed by atoms with Crippen molar-refractivity contribution in [1.29, 1.82) is 0 Å². The van der Waals surface area contributed by atoms with Crippen LogP contribution in [0.25, 0.3) is 28.1 Å². The van der Waals surface area contributed by atoms with E-state index in [1.807, 2.05) is 25.1 Å². The number of nitrogens with zero attached hydrogens (tertiary/aromatic N) is 5. The van der Waals surface area contributed by atoms with E-state index in [0.717, 1.165) is 10.9 Å². The molecule has 1 aliphatic heterocycles. The zero-order chi connectivity index (χ0) is 23.3. The van der Waals surface area contributed by atoms with Gasteiger partial charge in [-0.1, -0.05) is 12.1 Å². The number of pyridine rings is 2. The number of rotatable bonds is 4. The van der Waals surface area contributed by atoms with Crippen LogP contribution in [0.3, 0.4) is 0 Å². The lowest BCUT2D eigenvalue weighted by Gasteiger charge is -2.30. The smallest absolute Gasteiger partial charge is 0.408 e. The van der Waals surface area contributed by atoms with Gasteiger partial charge in [0.15, 0.2) is 11.5 Å².